The van der Waals surface area contributed by atoms with Gasteiger partial charge in [-0.15, -0.1) is 0 Å². The Morgan fingerprint density at radius 2 is 1.90 bits per heavy atom. The minimum Gasteiger partial charge on any atom is -0.442 e. The van der Waals surface area contributed by atoms with E-state index >= 15 is 0 Å². The summed E-state index contributed by atoms with van der Waals surface area (Å²) in [5, 5.41) is 1.13. The van der Waals surface area contributed by atoms with Gasteiger partial charge in [-0.1, -0.05) is 31.0 Å². The van der Waals surface area contributed by atoms with E-state index in [0.717, 1.165) is 29.4 Å². The van der Waals surface area contributed by atoms with Gasteiger partial charge in [0.2, 0.25) is 5.91 Å². The van der Waals surface area contributed by atoms with Crippen LogP contribution in [0.2, 0.25) is 0 Å². The molecule has 1 aliphatic heterocycles. The maximum Gasteiger partial charge on any atom is 0.304 e. The highest BCUT2D eigenvalue weighted by Gasteiger charge is 2.35. The van der Waals surface area contributed by atoms with Crippen molar-refractivity contribution < 1.29 is 14.3 Å². The number of nitrogens with zero attached hydrogens (tertiary/aromatic N) is 2. The van der Waals surface area contributed by atoms with E-state index in [-0.39, 0.29) is 12.2 Å². The van der Waals surface area contributed by atoms with E-state index in [1.54, 1.807) is 0 Å². The lowest BCUT2D eigenvalue weighted by Crippen LogP contribution is -2.49. The molecule has 2 aliphatic rings. The Hall–Kier alpha value is -2.30. The molecular weight excluding hydrogens is 364 g/mol. The second kappa shape index (κ2) is 8.60. The summed E-state index contributed by atoms with van der Waals surface area (Å²) in [5.41, 5.74) is 2.18. The second-order valence-electron chi connectivity index (χ2n) is 8.63. The Kier molecular flexibility index (Phi) is 5.93. The number of amides is 1. The largest absolute Gasteiger partial charge is 0.442 e. The van der Waals surface area contributed by atoms with Crippen LogP contribution in [0.5, 0.6) is 0 Å². The van der Waals surface area contributed by atoms with Crippen molar-refractivity contribution in [2.24, 2.45) is 5.92 Å². The molecule has 3 unspecified atom stereocenters. The van der Waals surface area contributed by atoms with Crippen LogP contribution in [-0.4, -0.2) is 33.9 Å². The number of aromatic nitrogens is 1. The van der Waals surface area contributed by atoms with Gasteiger partial charge in [-0.25, -0.2) is 0 Å². The zero-order valence-electron chi connectivity index (χ0n) is 17.6. The molecule has 2 fully saturated rings. The molecule has 5 nitrogen and oxygen atoms in total. The molecule has 156 valence electrons. The van der Waals surface area contributed by atoms with Crippen molar-refractivity contribution in [2.75, 3.05) is 6.54 Å². The van der Waals surface area contributed by atoms with Gasteiger partial charge in [0.25, 0.3) is 0 Å². The van der Waals surface area contributed by atoms with E-state index in [1.165, 1.54) is 39.0 Å². The van der Waals surface area contributed by atoms with Gasteiger partial charge in [0.15, 0.2) is 6.23 Å². The van der Waals surface area contributed by atoms with E-state index in [1.807, 2.05) is 35.9 Å². The molecule has 3 atom stereocenters. The van der Waals surface area contributed by atoms with E-state index in [4.69, 9.17) is 4.74 Å². The van der Waals surface area contributed by atoms with Crippen molar-refractivity contribution >= 4 is 22.8 Å². The number of rotatable bonds is 5. The van der Waals surface area contributed by atoms with Crippen molar-refractivity contribution in [3.05, 3.63) is 36.0 Å². The maximum absolute atomic E-state index is 13.1. The number of hydrogen-bond acceptors (Lipinski definition) is 3. The number of hydrogen-bond donors (Lipinski definition) is 0. The van der Waals surface area contributed by atoms with Crippen molar-refractivity contribution in [3.8, 4) is 0 Å². The first-order valence-corrected chi connectivity index (χ1v) is 11.1. The minimum atomic E-state index is -0.369. The predicted octanol–water partition coefficient (Wildman–Crippen LogP) is 4.84. The number of fused-ring (bicyclic) bond motifs is 2. The normalized spacial score (nSPS) is 22.9. The predicted molar refractivity (Wildman–Crippen MR) is 113 cm³/mol. The highest BCUT2D eigenvalue weighted by molar-refractivity contribution is 5.85. The first-order valence-electron chi connectivity index (χ1n) is 11.1. The number of aryl methyl sites for hydroxylation is 1. The van der Waals surface area contributed by atoms with Crippen LogP contribution in [0.1, 0.15) is 70.6 Å². The molecule has 1 aromatic carbocycles. The number of ether oxygens (including phenoxy) is 1. The smallest absolute Gasteiger partial charge is 0.304 e. The van der Waals surface area contributed by atoms with Gasteiger partial charge >= 0.3 is 5.97 Å². The van der Waals surface area contributed by atoms with Gasteiger partial charge in [0.1, 0.15) is 0 Å². The zero-order valence-corrected chi connectivity index (χ0v) is 17.6. The Bertz CT molecular complexity index is 885. The molecule has 0 spiro atoms. The van der Waals surface area contributed by atoms with E-state index in [2.05, 4.69) is 11.0 Å². The van der Waals surface area contributed by atoms with Gasteiger partial charge in [-0.2, -0.15) is 0 Å². The highest BCUT2D eigenvalue weighted by atomic mass is 16.6. The fraction of sp³-hybridized carbons (Fsp3) is 0.583. The summed E-state index contributed by atoms with van der Waals surface area (Å²) in [6.07, 6.45) is 10.4. The van der Waals surface area contributed by atoms with Crippen molar-refractivity contribution in [1.82, 2.24) is 9.47 Å². The SMILES string of the molecule is CC(=O)OC(C)n1cc(CCC(=O)N2CCCC3CCCCC32)c2ccccc21. The van der Waals surface area contributed by atoms with Crippen LogP contribution in [0, 0.1) is 5.92 Å². The summed E-state index contributed by atoms with van der Waals surface area (Å²) in [5.74, 6) is 0.721. The summed E-state index contributed by atoms with van der Waals surface area (Å²) in [6.45, 7) is 4.23. The molecule has 1 saturated carbocycles. The molecule has 29 heavy (non-hydrogen) atoms. The van der Waals surface area contributed by atoms with E-state index in [0.29, 0.717) is 30.7 Å². The van der Waals surface area contributed by atoms with Crippen LogP contribution in [0.25, 0.3) is 10.9 Å². The number of carbonyl (C=O) groups excluding carboxylic acids is 2. The van der Waals surface area contributed by atoms with Gasteiger partial charge in [0, 0.05) is 37.5 Å². The summed E-state index contributed by atoms with van der Waals surface area (Å²) >= 11 is 0. The monoisotopic (exact) mass is 396 g/mol. The number of piperidine rings is 1. The van der Waals surface area contributed by atoms with Crippen LogP contribution in [-0.2, 0) is 20.7 Å². The van der Waals surface area contributed by atoms with Crippen molar-refractivity contribution in [1.29, 1.82) is 0 Å². The van der Waals surface area contributed by atoms with Crippen LogP contribution >= 0.6 is 0 Å². The Morgan fingerprint density at radius 1 is 1.14 bits per heavy atom. The number of carbonyl (C=O) groups is 2. The standard InChI is InChI=1S/C24H32N2O3/c1-17(29-18(2)27)26-16-20(21-10-4-6-12-23(21)26)13-14-24(28)25-15-7-9-19-8-3-5-11-22(19)25/h4,6,10,12,16-17,19,22H,3,5,7-9,11,13-15H2,1-2H3. The van der Waals surface area contributed by atoms with Gasteiger partial charge in [0.05, 0.1) is 5.52 Å². The topological polar surface area (TPSA) is 51.5 Å². The highest BCUT2D eigenvalue weighted by Crippen LogP contribution is 2.36. The Balaban J connectivity index is 1.49. The lowest BCUT2D eigenvalue weighted by atomic mass is 9.78. The van der Waals surface area contributed by atoms with Crippen LogP contribution in [0.15, 0.2) is 30.5 Å². The summed E-state index contributed by atoms with van der Waals surface area (Å²) in [4.78, 5) is 26.7. The molecule has 1 aliphatic carbocycles. The fourth-order valence-corrected chi connectivity index (χ4v) is 5.39. The molecule has 1 amide bonds. The molecule has 0 radical (unpaired) electrons. The molecule has 2 aromatic rings. The van der Waals surface area contributed by atoms with Gasteiger partial charge in [-0.05, 0) is 56.6 Å². The van der Waals surface area contributed by atoms with E-state index < -0.39 is 0 Å². The van der Waals surface area contributed by atoms with Crippen LogP contribution < -0.4 is 0 Å². The quantitative estimate of drug-likeness (QED) is 0.680. The zero-order chi connectivity index (χ0) is 20.4. The molecule has 1 saturated heterocycles. The van der Waals surface area contributed by atoms with Gasteiger partial charge in [-0.3, -0.25) is 9.59 Å². The number of benzene rings is 1. The Morgan fingerprint density at radius 3 is 2.72 bits per heavy atom. The van der Waals surface area contributed by atoms with E-state index in [9.17, 15) is 9.59 Å². The summed E-state index contributed by atoms with van der Waals surface area (Å²) in [6, 6.07) is 8.61. The number of esters is 1. The molecule has 1 aromatic heterocycles. The third-order valence-electron chi connectivity index (χ3n) is 6.72. The molecule has 0 N–H and O–H groups in total. The molecule has 2 heterocycles. The molecule has 0 bridgehead atoms. The molecule has 4 rings (SSSR count). The number of para-hydroxylation sites is 1. The van der Waals surface area contributed by atoms with Crippen molar-refractivity contribution in [2.45, 2.75) is 77.5 Å². The van der Waals surface area contributed by atoms with Crippen LogP contribution in [0.4, 0.5) is 0 Å². The lowest BCUT2D eigenvalue weighted by molar-refractivity contribution is -0.149. The molecular formula is C24H32N2O3. The summed E-state index contributed by atoms with van der Waals surface area (Å²) in [7, 11) is 0. The van der Waals surface area contributed by atoms with Gasteiger partial charge < -0.3 is 14.2 Å². The second-order valence-corrected chi connectivity index (χ2v) is 8.63. The minimum absolute atomic E-state index is 0.292. The summed E-state index contributed by atoms with van der Waals surface area (Å²) < 4.78 is 7.38. The fourth-order valence-electron chi connectivity index (χ4n) is 5.39. The third kappa shape index (κ3) is 4.19. The lowest BCUT2D eigenvalue weighted by Gasteiger charge is -2.44. The van der Waals surface area contributed by atoms with Crippen LogP contribution in [0.3, 0.4) is 0 Å². The average Bonchev–Trinajstić information content (AvgIpc) is 3.10. The van der Waals surface area contributed by atoms with Crippen molar-refractivity contribution in [3.63, 3.8) is 0 Å². The molecule has 5 heteroatoms. The average molecular weight is 397 g/mol. The first kappa shape index (κ1) is 20.0. The maximum atomic E-state index is 13.1. The number of likely N-dealkylation sites (tertiary alicyclic amines) is 1. The third-order valence-corrected chi connectivity index (χ3v) is 6.72. The first-order chi connectivity index (χ1) is 14.0. The Labute approximate surface area is 173 Å².